The van der Waals surface area contributed by atoms with Gasteiger partial charge in [-0.2, -0.15) is 0 Å². The summed E-state index contributed by atoms with van der Waals surface area (Å²) in [5, 5.41) is 0. The Balaban J connectivity index is 1.50. The van der Waals surface area contributed by atoms with E-state index in [9.17, 15) is 0 Å². The van der Waals surface area contributed by atoms with E-state index in [1.165, 1.54) is 5.56 Å². The number of aromatic nitrogens is 5. The van der Waals surface area contributed by atoms with E-state index in [0.29, 0.717) is 0 Å². The van der Waals surface area contributed by atoms with E-state index in [-0.39, 0.29) is 11.0 Å². The van der Waals surface area contributed by atoms with Crippen LogP contribution in [-0.2, 0) is 16.7 Å². The molecular formula is C23H32N6O. The minimum absolute atomic E-state index is 0.0659. The minimum Gasteiger partial charge on any atom is -0.381 e. The first-order chi connectivity index (χ1) is 14.4. The van der Waals surface area contributed by atoms with Gasteiger partial charge in [0.15, 0.2) is 5.65 Å². The van der Waals surface area contributed by atoms with Gasteiger partial charge in [-0.25, -0.2) is 15.0 Å². The van der Waals surface area contributed by atoms with Crippen molar-refractivity contribution in [1.29, 1.82) is 0 Å². The quantitative estimate of drug-likeness (QED) is 0.613. The first kappa shape index (κ1) is 20.9. The number of fused-ring (bicyclic) bond motifs is 1. The molecule has 3 aromatic rings. The van der Waals surface area contributed by atoms with Crippen LogP contribution < -0.4 is 0 Å². The average Bonchev–Trinajstić information content (AvgIpc) is 3.36. The zero-order chi connectivity index (χ0) is 21.2. The van der Waals surface area contributed by atoms with Gasteiger partial charge in [-0.15, -0.1) is 0 Å². The summed E-state index contributed by atoms with van der Waals surface area (Å²) >= 11 is 0. The summed E-state index contributed by atoms with van der Waals surface area (Å²) in [6, 6.07) is 4.31. The van der Waals surface area contributed by atoms with Gasteiger partial charge in [-0.1, -0.05) is 6.07 Å². The summed E-state index contributed by atoms with van der Waals surface area (Å²) in [6.07, 6.45) is 8.37. The number of aromatic amines is 1. The highest BCUT2D eigenvalue weighted by atomic mass is 16.5. The first-order valence-corrected chi connectivity index (χ1v) is 10.8. The molecule has 0 bridgehead atoms. The molecule has 1 aliphatic rings. The molecule has 1 N–H and O–H groups in total. The molecular weight excluding hydrogens is 376 g/mol. The Morgan fingerprint density at radius 2 is 2.10 bits per heavy atom. The van der Waals surface area contributed by atoms with E-state index < -0.39 is 0 Å². The maximum Gasteiger partial charge on any atom is 0.180 e. The Bertz CT molecular complexity index is 950. The topological polar surface area (TPSA) is 79.8 Å². The number of hydrogen-bond donors (Lipinski definition) is 1. The van der Waals surface area contributed by atoms with Crippen LogP contribution in [0, 0.1) is 12.3 Å². The molecule has 7 nitrogen and oxygen atoms in total. The van der Waals surface area contributed by atoms with Gasteiger partial charge in [0, 0.05) is 42.4 Å². The van der Waals surface area contributed by atoms with Gasteiger partial charge in [0.2, 0.25) is 0 Å². The average molecular weight is 409 g/mol. The number of aryl methyl sites for hydroxylation is 2. The molecule has 1 atom stereocenters. The lowest BCUT2D eigenvalue weighted by Crippen LogP contribution is -2.42. The summed E-state index contributed by atoms with van der Waals surface area (Å²) < 4.78 is 5.96. The van der Waals surface area contributed by atoms with Gasteiger partial charge >= 0.3 is 0 Å². The molecule has 0 unspecified atom stereocenters. The number of ether oxygens (including phenoxy) is 1. The van der Waals surface area contributed by atoms with Crippen LogP contribution in [0.15, 0.2) is 30.9 Å². The van der Waals surface area contributed by atoms with Crippen LogP contribution in [0.2, 0.25) is 0 Å². The Labute approximate surface area is 178 Å². The van der Waals surface area contributed by atoms with E-state index in [0.717, 1.165) is 68.2 Å². The van der Waals surface area contributed by atoms with Crippen LogP contribution in [0.3, 0.4) is 0 Å². The second kappa shape index (κ2) is 8.40. The van der Waals surface area contributed by atoms with Gasteiger partial charge in [0.25, 0.3) is 0 Å². The predicted molar refractivity (Wildman–Crippen MR) is 117 cm³/mol. The van der Waals surface area contributed by atoms with E-state index in [1.807, 2.05) is 13.1 Å². The Kier molecular flexibility index (Phi) is 5.84. The number of likely N-dealkylation sites (tertiary alicyclic amines) is 1. The molecule has 1 aliphatic heterocycles. The second-order valence-electron chi connectivity index (χ2n) is 9.00. The van der Waals surface area contributed by atoms with Gasteiger partial charge in [-0.3, -0.25) is 9.88 Å². The van der Waals surface area contributed by atoms with Crippen LogP contribution in [-0.4, -0.2) is 56.1 Å². The molecule has 4 rings (SSSR count). The summed E-state index contributed by atoms with van der Waals surface area (Å²) in [5.41, 5.74) is 4.00. The highest BCUT2D eigenvalue weighted by Gasteiger charge is 2.43. The number of pyridine rings is 1. The molecule has 3 aromatic heterocycles. The second-order valence-corrected chi connectivity index (χ2v) is 9.00. The van der Waals surface area contributed by atoms with Crippen LogP contribution in [0.25, 0.3) is 11.2 Å². The zero-order valence-corrected chi connectivity index (χ0v) is 18.5. The minimum atomic E-state index is -0.0659. The number of rotatable bonds is 8. The molecule has 7 heteroatoms. The third kappa shape index (κ3) is 4.23. The Hall–Kier alpha value is -2.38. The first-order valence-electron chi connectivity index (χ1n) is 10.8. The third-order valence-electron chi connectivity index (χ3n) is 6.56. The maximum absolute atomic E-state index is 5.96. The van der Waals surface area contributed by atoms with Crippen molar-refractivity contribution in [2.75, 3.05) is 26.3 Å². The zero-order valence-electron chi connectivity index (χ0n) is 18.5. The molecule has 0 amide bonds. The lowest BCUT2D eigenvalue weighted by molar-refractivity contribution is 0.0382. The van der Waals surface area contributed by atoms with Crippen molar-refractivity contribution in [2.24, 2.45) is 5.41 Å². The molecule has 1 fully saturated rings. The number of hydrogen-bond acceptors (Lipinski definition) is 6. The molecule has 1 saturated heterocycles. The van der Waals surface area contributed by atoms with Crippen LogP contribution >= 0.6 is 0 Å². The molecule has 0 spiro atoms. The normalized spacial score (nSPS) is 20.3. The number of nitrogens with one attached hydrogen (secondary N) is 1. The molecule has 30 heavy (non-hydrogen) atoms. The van der Waals surface area contributed by atoms with Crippen LogP contribution in [0.1, 0.15) is 50.7 Å². The fourth-order valence-corrected chi connectivity index (χ4v) is 4.45. The molecule has 0 aliphatic carbocycles. The fraction of sp³-hybridized carbons (Fsp3) is 0.565. The van der Waals surface area contributed by atoms with E-state index in [4.69, 9.17) is 4.74 Å². The van der Waals surface area contributed by atoms with Crippen molar-refractivity contribution in [2.45, 2.75) is 52.5 Å². The third-order valence-corrected chi connectivity index (χ3v) is 6.56. The Morgan fingerprint density at radius 1 is 1.23 bits per heavy atom. The number of imidazole rings is 1. The largest absolute Gasteiger partial charge is 0.381 e. The van der Waals surface area contributed by atoms with Crippen molar-refractivity contribution in [1.82, 2.24) is 29.8 Å². The van der Waals surface area contributed by atoms with E-state index >= 15 is 0 Å². The fourth-order valence-electron chi connectivity index (χ4n) is 4.45. The summed E-state index contributed by atoms with van der Waals surface area (Å²) in [6.45, 7) is 12.3. The molecule has 160 valence electrons. The van der Waals surface area contributed by atoms with Gasteiger partial charge in [0.05, 0.1) is 12.8 Å². The molecule has 0 saturated carbocycles. The summed E-state index contributed by atoms with van der Waals surface area (Å²) in [4.78, 5) is 23.4. The summed E-state index contributed by atoms with van der Waals surface area (Å²) in [7, 11) is 0. The predicted octanol–water partition coefficient (Wildman–Crippen LogP) is 3.65. The lowest BCUT2D eigenvalue weighted by atomic mass is 9.82. The highest BCUT2D eigenvalue weighted by molar-refractivity contribution is 5.68. The maximum atomic E-state index is 5.96. The van der Waals surface area contributed by atoms with E-state index in [2.05, 4.69) is 62.7 Å². The Morgan fingerprint density at radius 3 is 2.83 bits per heavy atom. The van der Waals surface area contributed by atoms with Gasteiger partial charge in [-0.05, 0) is 58.7 Å². The molecule has 0 aromatic carbocycles. The van der Waals surface area contributed by atoms with E-state index in [1.54, 1.807) is 12.5 Å². The smallest absolute Gasteiger partial charge is 0.180 e. The number of nitrogens with zero attached hydrogens (tertiary/aromatic N) is 5. The standard InChI is InChI=1S/C23H32N6O/c1-5-30-15-23(9-8-20-27-19-13-24-16-26-21(19)28-20)10-11-29(14-23)22(3,4)18-7-6-17(2)25-12-18/h6-7,12-13,16H,5,8-11,14-15H2,1-4H3,(H,24,26,27,28)/t23-/m1/s1. The van der Waals surface area contributed by atoms with Crippen LogP contribution in [0.4, 0.5) is 0 Å². The van der Waals surface area contributed by atoms with Gasteiger partial charge < -0.3 is 9.72 Å². The van der Waals surface area contributed by atoms with Crippen molar-refractivity contribution >= 4 is 11.2 Å². The number of H-pyrrole nitrogens is 1. The molecule has 4 heterocycles. The highest BCUT2D eigenvalue weighted by Crippen LogP contribution is 2.41. The van der Waals surface area contributed by atoms with Crippen molar-refractivity contribution in [3.8, 4) is 0 Å². The monoisotopic (exact) mass is 408 g/mol. The SMILES string of the molecule is CCOC[C@]1(CCc2nc3ncncc3[nH]2)CCN(C(C)(C)c2ccc(C)nc2)C1. The van der Waals surface area contributed by atoms with Crippen molar-refractivity contribution in [3.63, 3.8) is 0 Å². The van der Waals surface area contributed by atoms with Crippen molar-refractivity contribution < 1.29 is 4.74 Å². The lowest BCUT2D eigenvalue weighted by Gasteiger charge is -2.38. The molecule has 0 radical (unpaired) electrons. The van der Waals surface area contributed by atoms with Crippen molar-refractivity contribution in [3.05, 3.63) is 47.9 Å². The van der Waals surface area contributed by atoms with Crippen LogP contribution in [0.5, 0.6) is 0 Å². The van der Waals surface area contributed by atoms with Gasteiger partial charge in [0.1, 0.15) is 17.7 Å². The summed E-state index contributed by atoms with van der Waals surface area (Å²) in [5.74, 6) is 0.974.